The molecule has 0 rings (SSSR count). The highest BCUT2D eigenvalue weighted by atomic mass is 16.6. The largest absolute Gasteiger partial charge is 0.462 e. The van der Waals surface area contributed by atoms with Gasteiger partial charge in [0.05, 0.1) is 0 Å². The molecule has 79 heavy (non-hydrogen) atoms. The fraction of sp³-hybridized carbons (Fsp3) is 0.603. The summed E-state index contributed by atoms with van der Waals surface area (Å²) >= 11 is 0. The minimum atomic E-state index is -0.812. The highest BCUT2D eigenvalue weighted by molar-refractivity contribution is 5.71. The molecule has 6 nitrogen and oxygen atoms in total. The van der Waals surface area contributed by atoms with Crippen LogP contribution in [0.4, 0.5) is 0 Å². The Labute approximate surface area is 486 Å². The molecule has 0 aromatic rings. The second-order valence-corrected chi connectivity index (χ2v) is 20.5. The lowest BCUT2D eigenvalue weighted by Crippen LogP contribution is -2.30. The first-order chi connectivity index (χ1) is 39.0. The average molecular weight is 1090 g/mol. The molecule has 0 aliphatic rings. The van der Waals surface area contributed by atoms with Crippen LogP contribution in [0.1, 0.15) is 265 Å². The van der Waals surface area contributed by atoms with Gasteiger partial charge in [-0.1, -0.05) is 256 Å². The molecule has 0 aromatic heterocycles. The van der Waals surface area contributed by atoms with Crippen molar-refractivity contribution in [2.24, 2.45) is 0 Å². The van der Waals surface area contributed by atoms with E-state index in [9.17, 15) is 14.4 Å². The van der Waals surface area contributed by atoms with Crippen LogP contribution in [0.2, 0.25) is 0 Å². The van der Waals surface area contributed by atoms with E-state index in [0.29, 0.717) is 19.3 Å². The molecule has 0 aliphatic heterocycles. The Kier molecular flexibility index (Phi) is 61.4. The molecule has 0 N–H and O–H groups in total. The van der Waals surface area contributed by atoms with Crippen LogP contribution in [0, 0.1) is 0 Å². The van der Waals surface area contributed by atoms with Crippen LogP contribution in [0.3, 0.4) is 0 Å². The lowest BCUT2D eigenvalue weighted by Gasteiger charge is -2.18. The van der Waals surface area contributed by atoms with E-state index in [2.05, 4.69) is 179 Å². The molecular formula is C73H116O6. The van der Waals surface area contributed by atoms with Gasteiger partial charge in [0.1, 0.15) is 13.2 Å². The number of ether oxygens (including phenoxy) is 3. The predicted octanol–water partition coefficient (Wildman–Crippen LogP) is 22.1. The molecule has 0 aromatic carbocycles. The summed E-state index contributed by atoms with van der Waals surface area (Å²) in [5, 5.41) is 0. The molecule has 444 valence electrons. The molecule has 0 fully saturated rings. The molecule has 0 radical (unpaired) electrons. The SMILES string of the molecule is CC/C=C\C/C=C\C/C=C\C/C=C\C/C=C\C/C=C\CCCCCCCCC(=O)OCC(COC(=O)CCCCCC/C=C\C/C=C\C/C=C\C/C=C\CC)OC(=O)CCCCCCCC/C=C\C/C=C\C/C=C\CCCCC. The third-order valence-corrected chi connectivity index (χ3v) is 13.0. The zero-order chi connectivity index (χ0) is 57.1. The minimum absolute atomic E-state index is 0.106. The van der Waals surface area contributed by atoms with Gasteiger partial charge in [-0.05, 0) is 148 Å². The summed E-state index contributed by atoms with van der Waals surface area (Å²) in [6, 6.07) is 0. The van der Waals surface area contributed by atoms with Gasteiger partial charge in [0.25, 0.3) is 0 Å². The molecule has 0 amide bonds. The van der Waals surface area contributed by atoms with Crippen LogP contribution >= 0.6 is 0 Å². The molecule has 0 spiro atoms. The molecule has 0 saturated carbocycles. The Bertz CT molecular complexity index is 1780. The fourth-order valence-corrected chi connectivity index (χ4v) is 8.27. The van der Waals surface area contributed by atoms with Crippen LogP contribution in [-0.2, 0) is 28.6 Å². The molecule has 0 bridgehead atoms. The van der Waals surface area contributed by atoms with Crippen molar-refractivity contribution in [1.82, 2.24) is 0 Å². The summed E-state index contributed by atoms with van der Waals surface area (Å²) in [5.74, 6) is -0.958. The van der Waals surface area contributed by atoms with Gasteiger partial charge in [0.15, 0.2) is 6.10 Å². The Morgan fingerprint density at radius 2 is 0.494 bits per heavy atom. The Morgan fingerprint density at radius 3 is 0.772 bits per heavy atom. The number of hydrogen-bond acceptors (Lipinski definition) is 6. The fourth-order valence-electron chi connectivity index (χ4n) is 8.27. The molecule has 1 unspecified atom stereocenters. The van der Waals surface area contributed by atoms with Crippen molar-refractivity contribution in [3.63, 3.8) is 0 Å². The third-order valence-electron chi connectivity index (χ3n) is 13.0. The smallest absolute Gasteiger partial charge is 0.306 e. The van der Waals surface area contributed by atoms with Crippen molar-refractivity contribution < 1.29 is 28.6 Å². The molecule has 0 aliphatic carbocycles. The highest BCUT2D eigenvalue weighted by Crippen LogP contribution is 2.14. The van der Waals surface area contributed by atoms with Gasteiger partial charge in [-0.3, -0.25) is 14.4 Å². The van der Waals surface area contributed by atoms with Gasteiger partial charge < -0.3 is 14.2 Å². The summed E-state index contributed by atoms with van der Waals surface area (Å²) in [4.78, 5) is 38.4. The zero-order valence-electron chi connectivity index (χ0n) is 50.8. The molecule has 6 heteroatoms. The number of hydrogen-bond donors (Lipinski definition) is 0. The number of rotatable bonds is 56. The molecule has 0 saturated heterocycles. The Morgan fingerprint density at radius 1 is 0.266 bits per heavy atom. The molecule has 1 atom stereocenters. The minimum Gasteiger partial charge on any atom is -0.462 e. The van der Waals surface area contributed by atoms with Gasteiger partial charge in [-0.25, -0.2) is 0 Å². The van der Waals surface area contributed by atoms with Gasteiger partial charge in [-0.15, -0.1) is 0 Å². The van der Waals surface area contributed by atoms with Crippen molar-refractivity contribution in [3.8, 4) is 0 Å². The van der Waals surface area contributed by atoms with Crippen molar-refractivity contribution in [3.05, 3.63) is 158 Å². The molecular weight excluding hydrogens is 973 g/mol. The first-order valence-corrected chi connectivity index (χ1v) is 32.0. The summed E-state index contributed by atoms with van der Waals surface area (Å²) in [5.41, 5.74) is 0. The highest BCUT2D eigenvalue weighted by Gasteiger charge is 2.19. The lowest BCUT2D eigenvalue weighted by molar-refractivity contribution is -0.167. The maximum Gasteiger partial charge on any atom is 0.306 e. The van der Waals surface area contributed by atoms with Crippen LogP contribution in [-0.4, -0.2) is 37.2 Å². The van der Waals surface area contributed by atoms with Crippen LogP contribution < -0.4 is 0 Å². The normalized spacial score (nSPS) is 13.2. The van der Waals surface area contributed by atoms with Crippen LogP contribution in [0.5, 0.6) is 0 Å². The van der Waals surface area contributed by atoms with E-state index in [-0.39, 0.29) is 31.1 Å². The number of carbonyl (C=O) groups excluding carboxylic acids is 3. The maximum absolute atomic E-state index is 12.9. The van der Waals surface area contributed by atoms with Crippen LogP contribution in [0.25, 0.3) is 0 Å². The molecule has 0 heterocycles. The predicted molar refractivity (Wildman–Crippen MR) is 343 cm³/mol. The van der Waals surface area contributed by atoms with E-state index in [4.69, 9.17) is 14.2 Å². The van der Waals surface area contributed by atoms with Gasteiger partial charge in [0.2, 0.25) is 0 Å². The van der Waals surface area contributed by atoms with Crippen molar-refractivity contribution in [1.29, 1.82) is 0 Å². The van der Waals surface area contributed by atoms with Gasteiger partial charge >= 0.3 is 17.9 Å². The van der Waals surface area contributed by atoms with E-state index >= 15 is 0 Å². The van der Waals surface area contributed by atoms with Crippen molar-refractivity contribution in [2.45, 2.75) is 271 Å². The number of esters is 3. The second-order valence-electron chi connectivity index (χ2n) is 20.5. The maximum atomic E-state index is 12.9. The summed E-state index contributed by atoms with van der Waals surface area (Å²) < 4.78 is 16.9. The number of unbranched alkanes of at least 4 members (excludes halogenated alkanes) is 19. The topological polar surface area (TPSA) is 78.9 Å². The van der Waals surface area contributed by atoms with E-state index < -0.39 is 6.10 Å². The Hall–Kier alpha value is -4.97. The summed E-state index contributed by atoms with van der Waals surface area (Å²) in [6.45, 7) is 6.34. The van der Waals surface area contributed by atoms with E-state index in [1.165, 1.54) is 51.4 Å². The second kappa shape index (κ2) is 65.5. The summed E-state index contributed by atoms with van der Waals surface area (Å²) in [7, 11) is 0. The lowest BCUT2D eigenvalue weighted by atomic mass is 10.1. The van der Waals surface area contributed by atoms with E-state index in [0.717, 1.165) is 173 Å². The standard InChI is InChI=1S/C73H116O6/c1-4-7-10-13-16-19-22-25-28-31-33-34-35-36-37-38-40-42-45-48-51-54-57-60-63-66-72(75)78-69-70(68-77-71(74)65-62-59-56-53-50-47-44-41-30-27-24-21-18-15-12-9-6-3)79-73(76)67-64-61-58-55-52-49-46-43-39-32-29-26-23-20-17-14-11-8-5-2/h7,9-10,12,16-21,25-30,33-34,36-37,39-40,42-44,47,70H,4-6,8,11,13-15,22-24,31-32,35,38,41,45-46,48-69H2,1-3H3/b10-7-,12-9-,19-16-,20-17-,21-18-,28-25-,29-26-,30-27-,34-33-,37-36-,42-40-,43-39-,47-44-. The monoisotopic (exact) mass is 1090 g/mol. The van der Waals surface area contributed by atoms with E-state index in [1.54, 1.807) is 0 Å². The van der Waals surface area contributed by atoms with E-state index in [1.807, 2.05) is 0 Å². The van der Waals surface area contributed by atoms with Crippen molar-refractivity contribution in [2.75, 3.05) is 13.2 Å². The van der Waals surface area contributed by atoms with Crippen molar-refractivity contribution >= 4 is 17.9 Å². The Balaban J connectivity index is 4.50. The van der Waals surface area contributed by atoms with Gasteiger partial charge in [-0.2, -0.15) is 0 Å². The summed E-state index contributed by atoms with van der Waals surface area (Å²) in [6.07, 6.45) is 95.2. The first kappa shape index (κ1) is 74.0. The average Bonchev–Trinajstić information content (AvgIpc) is 3.45. The first-order valence-electron chi connectivity index (χ1n) is 32.0. The third kappa shape index (κ3) is 63.7. The number of allylic oxidation sites excluding steroid dienone is 26. The number of carbonyl (C=O) groups is 3. The quantitative estimate of drug-likeness (QED) is 0.0261. The van der Waals surface area contributed by atoms with Crippen LogP contribution in [0.15, 0.2) is 158 Å². The zero-order valence-corrected chi connectivity index (χ0v) is 50.8. The van der Waals surface area contributed by atoms with Gasteiger partial charge in [0, 0.05) is 19.3 Å².